The van der Waals surface area contributed by atoms with E-state index in [4.69, 9.17) is 17.0 Å². The van der Waals surface area contributed by atoms with Gasteiger partial charge in [0, 0.05) is 12.1 Å². The minimum absolute atomic E-state index is 0.159. The van der Waals surface area contributed by atoms with Crippen molar-refractivity contribution in [1.82, 2.24) is 15.3 Å². The average Bonchev–Trinajstić information content (AvgIpc) is 3.08. The van der Waals surface area contributed by atoms with E-state index in [0.29, 0.717) is 18.7 Å². The molecule has 0 spiro atoms. The molecule has 1 saturated heterocycles. The van der Waals surface area contributed by atoms with Crippen molar-refractivity contribution in [3.8, 4) is 5.75 Å². The molecule has 8 nitrogen and oxygen atoms in total. The summed E-state index contributed by atoms with van der Waals surface area (Å²) < 4.78 is 5.57. The minimum Gasteiger partial charge on any atom is -0.494 e. The number of hydrazine groups is 1. The minimum atomic E-state index is -0.927. The summed E-state index contributed by atoms with van der Waals surface area (Å²) in [6.07, 6.45) is 3.74. The molecule has 192 valence electrons. The van der Waals surface area contributed by atoms with Crippen molar-refractivity contribution >= 4 is 40.7 Å². The maximum absolute atomic E-state index is 13.4. The van der Waals surface area contributed by atoms with Crippen molar-refractivity contribution in [3.63, 3.8) is 0 Å². The molecular weight excluding hydrogens is 476 g/mol. The van der Waals surface area contributed by atoms with E-state index in [1.165, 1.54) is 9.91 Å². The molecule has 0 aliphatic carbocycles. The van der Waals surface area contributed by atoms with E-state index in [0.717, 1.165) is 37.0 Å². The van der Waals surface area contributed by atoms with Gasteiger partial charge < -0.3 is 10.1 Å². The number of carbonyl (C=O) groups excluding carboxylic acids is 3. The molecule has 2 aromatic rings. The lowest BCUT2D eigenvalue weighted by Gasteiger charge is -2.24. The lowest BCUT2D eigenvalue weighted by atomic mass is 10.1. The number of amides is 3. The molecule has 0 saturated carbocycles. The number of hydrogen-bond donors (Lipinski definition) is 2. The highest BCUT2D eigenvalue weighted by Crippen LogP contribution is 2.23. The summed E-state index contributed by atoms with van der Waals surface area (Å²) in [5.74, 6) is -0.186. The van der Waals surface area contributed by atoms with Gasteiger partial charge in [-0.05, 0) is 54.9 Å². The highest BCUT2D eigenvalue weighted by atomic mass is 32.1. The molecule has 1 fully saturated rings. The Balaban J connectivity index is 1.70. The third-order valence-corrected chi connectivity index (χ3v) is 6.14. The number of thiocarbonyl (C=S) groups is 1. The molecule has 0 bridgehead atoms. The van der Waals surface area contributed by atoms with Crippen LogP contribution in [0.4, 0.5) is 5.69 Å². The van der Waals surface area contributed by atoms with Crippen LogP contribution in [0.25, 0.3) is 0 Å². The monoisotopic (exact) mass is 510 g/mol. The molecule has 1 unspecified atom stereocenters. The number of ether oxygens (including phenoxy) is 1. The number of hydrogen-bond acceptors (Lipinski definition) is 5. The molecule has 36 heavy (non-hydrogen) atoms. The van der Waals surface area contributed by atoms with Crippen LogP contribution >= 0.6 is 12.2 Å². The number of carbonyl (C=O) groups is 3. The van der Waals surface area contributed by atoms with E-state index in [9.17, 15) is 14.4 Å². The predicted octanol–water partition coefficient (Wildman–Crippen LogP) is 4.41. The molecule has 1 aliphatic rings. The van der Waals surface area contributed by atoms with E-state index < -0.39 is 6.04 Å². The van der Waals surface area contributed by atoms with Gasteiger partial charge >= 0.3 is 0 Å². The topological polar surface area (TPSA) is 91.0 Å². The fraction of sp³-hybridized carbons (Fsp3) is 0.407. The summed E-state index contributed by atoms with van der Waals surface area (Å²) in [5, 5.41) is 4.37. The standard InChI is InChI=1S/C27H34N4O4S/c1-3-5-7-12-24(32)29-31-23(26(34)30(27(31)36)19-20-10-8-6-9-11-20)18-25(33)28-21-13-15-22(16-14-21)35-17-4-2/h6,8-11,13-16,23H,3-5,7,12,17-19H2,1-2H3,(H,28,33)(H,29,32). The van der Waals surface area contributed by atoms with Gasteiger partial charge in [0.05, 0.1) is 19.6 Å². The first-order valence-corrected chi connectivity index (χ1v) is 12.8. The Morgan fingerprint density at radius 1 is 0.972 bits per heavy atom. The van der Waals surface area contributed by atoms with Gasteiger partial charge in [-0.2, -0.15) is 0 Å². The molecule has 9 heteroatoms. The quantitative estimate of drug-likeness (QED) is 0.306. The second kappa shape index (κ2) is 13.6. The van der Waals surface area contributed by atoms with Crippen molar-refractivity contribution in [2.45, 2.75) is 65.0 Å². The highest BCUT2D eigenvalue weighted by molar-refractivity contribution is 7.80. The van der Waals surface area contributed by atoms with Crippen LogP contribution in [-0.2, 0) is 20.9 Å². The smallest absolute Gasteiger partial charge is 0.254 e. The van der Waals surface area contributed by atoms with Gasteiger partial charge in [-0.1, -0.05) is 57.0 Å². The summed E-state index contributed by atoms with van der Waals surface area (Å²) in [4.78, 5) is 40.2. The zero-order chi connectivity index (χ0) is 25.9. The number of nitrogens with zero attached hydrogens (tertiary/aromatic N) is 2. The first kappa shape index (κ1) is 27.1. The first-order valence-electron chi connectivity index (χ1n) is 12.4. The highest BCUT2D eigenvalue weighted by Gasteiger charge is 2.44. The number of unbranched alkanes of at least 4 members (excludes halogenated alkanes) is 2. The summed E-state index contributed by atoms with van der Waals surface area (Å²) in [6, 6.07) is 15.6. The van der Waals surface area contributed by atoms with Gasteiger partial charge in [0.25, 0.3) is 5.91 Å². The lowest BCUT2D eigenvalue weighted by Crippen LogP contribution is -2.49. The second-order valence-electron chi connectivity index (χ2n) is 8.70. The van der Waals surface area contributed by atoms with Gasteiger partial charge in [0.2, 0.25) is 11.8 Å². The normalized spacial score (nSPS) is 15.2. The Labute approximate surface area is 218 Å². The van der Waals surface area contributed by atoms with Crippen LogP contribution in [0, 0.1) is 0 Å². The van der Waals surface area contributed by atoms with Gasteiger partial charge in [0.1, 0.15) is 11.8 Å². The molecular formula is C27H34N4O4S. The van der Waals surface area contributed by atoms with Crippen LogP contribution in [-0.4, -0.2) is 45.4 Å². The molecule has 1 heterocycles. The maximum atomic E-state index is 13.4. The molecule has 0 aromatic heterocycles. The summed E-state index contributed by atoms with van der Waals surface area (Å²) in [7, 11) is 0. The summed E-state index contributed by atoms with van der Waals surface area (Å²) in [5.41, 5.74) is 4.27. The predicted molar refractivity (Wildman–Crippen MR) is 143 cm³/mol. The summed E-state index contributed by atoms with van der Waals surface area (Å²) in [6.45, 7) is 4.98. The molecule has 1 aliphatic heterocycles. The molecule has 2 aromatic carbocycles. The Morgan fingerprint density at radius 2 is 1.69 bits per heavy atom. The number of anilines is 1. The molecule has 3 rings (SSSR count). The zero-order valence-electron chi connectivity index (χ0n) is 20.9. The van der Waals surface area contributed by atoms with E-state index in [1.807, 2.05) is 37.3 Å². The number of rotatable bonds is 13. The van der Waals surface area contributed by atoms with Crippen LogP contribution in [0.2, 0.25) is 0 Å². The van der Waals surface area contributed by atoms with E-state index in [2.05, 4.69) is 17.7 Å². The van der Waals surface area contributed by atoms with Gasteiger partial charge in [0.15, 0.2) is 5.11 Å². The van der Waals surface area contributed by atoms with Crippen LogP contribution in [0.15, 0.2) is 54.6 Å². The van der Waals surface area contributed by atoms with Crippen molar-refractivity contribution in [1.29, 1.82) is 0 Å². The third-order valence-electron chi connectivity index (χ3n) is 5.73. The first-order chi connectivity index (χ1) is 17.4. The zero-order valence-corrected chi connectivity index (χ0v) is 21.7. The number of benzene rings is 2. The van der Waals surface area contributed by atoms with Crippen molar-refractivity contribution < 1.29 is 19.1 Å². The van der Waals surface area contributed by atoms with Crippen molar-refractivity contribution in [2.24, 2.45) is 0 Å². The molecule has 0 radical (unpaired) electrons. The summed E-state index contributed by atoms with van der Waals surface area (Å²) >= 11 is 5.57. The van der Waals surface area contributed by atoms with Gasteiger partial charge in [-0.25, -0.2) is 5.01 Å². The number of nitrogens with one attached hydrogen (secondary N) is 2. The van der Waals surface area contributed by atoms with Gasteiger partial charge in [-0.15, -0.1) is 0 Å². The van der Waals surface area contributed by atoms with E-state index in [-0.39, 0.29) is 35.8 Å². The second-order valence-corrected chi connectivity index (χ2v) is 9.06. The SMILES string of the molecule is CCCCCC(=O)NN1C(=S)N(Cc2ccccc2)C(=O)C1CC(=O)Nc1ccc(OCCC)cc1. The van der Waals surface area contributed by atoms with Crippen molar-refractivity contribution in [2.75, 3.05) is 11.9 Å². The Kier molecular flexibility index (Phi) is 10.2. The average molecular weight is 511 g/mol. The molecule has 1 atom stereocenters. The largest absolute Gasteiger partial charge is 0.494 e. The Morgan fingerprint density at radius 3 is 2.36 bits per heavy atom. The lowest BCUT2D eigenvalue weighted by molar-refractivity contribution is -0.133. The Bertz CT molecular complexity index is 1050. The van der Waals surface area contributed by atoms with Crippen molar-refractivity contribution in [3.05, 3.63) is 60.2 Å². The van der Waals surface area contributed by atoms with Crippen LogP contribution in [0.3, 0.4) is 0 Å². The third kappa shape index (κ3) is 7.52. The fourth-order valence-corrected chi connectivity index (χ4v) is 4.16. The van der Waals surface area contributed by atoms with E-state index in [1.54, 1.807) is 24.3 Å². The van der Waals surface area contributed by atoms with Crippen LogP contribution in [0.1, 0.15) is 57.9 Å². The maximum Gasteiger partial charge on any atom is 0.254 e. The van der Waals surface area contributed by atoms with Gasteiger partial charge in [-0.3, -0.25) is 24.7 Å². The van der Waals surface area contributed by atoms with Crippen LogP contribution in [0.5, 0.6) is 5.75 Å². The Hall–Kier alpha value is -3.46. The van der Waals surface area contributed by atoms with Crippen LogP contribution < -0.4 is 15.5 Å². The fourth-order valence-electron chi connectivity index (χ4n) is 3.83. The molecule has 3 amide bonds. The van der Waals surface area contributed by atoms with E-state index >= 15 is 0 Å². The molecule has 2 N–H and O–H groups in total.